The molecule has 4 nitrogen and oxygen atoms in total. The van der Waals surface area contributed by atoms with Gasteiger partial charge in [0.2, 0.25) is 0 Å². The van der Waals surface area contributed by atoms with E-state index in [0.29, 0.717) is 25.8 Å². The van der Waals surface area contributed by atoms with Crippen LogP contribution in [0.25, 0.3) is 0 Å². The number of alkyl halides is 3. The summed E-state index contributed by atoms with van der Waals surface area (Å²) < 4.78 is 37.1. The smallest absolute Gasteiger partial charge is 0.416 e. The number of aliphatic carboxylic acids is 1. The van der Waals surface area contributed by atoms with E-state index in [2.05, 4.69) is 5.32 Å². The van der Waals surface area contributed by atoms with Gasteiger partial charge in [-0.3, -0.25) is 9.59 Å². The fourth-order valence-corrected chi connectivity index (χ4v) is 1.69. The summed E-state index contributed by atoms with van der Waals surface area (Å²) >= 11 is 0. The second-order valence-electron chi connectivity index (χ2n) is 4.54. The van der Waals surface area contributed by atoms with Crippen molar-refractivity contribution in [3.63, 3.8) is 0 Å². The standard InChI is InChI=1S/C14H16F3NO3/c15-14(16,17)11-7-5-10(6-8-11)13(21)18-9-3-1-2-4-12(19)20/h5-8H,1-4,9H2,(H,18,21)(H,19,20). The van der Waals surface area contributed by atoms with Crippen LogP contribution >= 0.6 is 0 Å². The average molecular weight is 303 g/mol. The van der Waals surface area contributed by atoms with E-state index in [1.165, 1.54) is 0 Å². The zero-order chi connectivity index (χ0) is 15.9. The molecular formula is C14H16F3NO3. The fraction of sp³-hybridized carbons (Fsp3) is 0.429. The molecule has 0 aliphatic rings. The van der Waals surface area contributed by atoms with Gasteiger partial charge in [-0.2, -0.15) is 13.2 Å². The maximum absolute atomic E-state index is 12.4. The van der Waals surface area contributed by atoms with Crippen LogP contribution in [0.1, 0.15) is 41.6 Å². The molecule has 0 radical (unpaired) electrons. The van der Waals surface area contributed by atoms with Gasteiger partial charge in [-0.15, -0.1) is 0 Å². The molecule has 0 unspecified atom stereocenters. The van der Waals surface area contributed by atoms with Crippen LogP contribution in [-0.4, -0.2) is 23.5 Å². The van der Waals surface area contributed by atoms with Crippen molar-refractivity contribution in [2.75, 3.05) is 6.54 Å². The van der Waals surface area contributed by atoms with Gasteiger partial charge in [0, 0.05) is 18.5 Å². The van der Waals surface area contributed by atoms with E-state index in [1.54, 1.807) is 0 Å². The largest absolute Gasteiger partial charge is 0.481 e. The van der Waals surface area contributed by atoms with Gasteiger partial charge >= 0.3 is 12.1 Å². The van der Waals surface area contributed by atoms with Crippen LogP contribution in [0, 0.1) is 0 Å². The number of amides is 1. The summed E-state index contributed by atoms with van der Waals surface area (Å²) in [6, 6.07) is 3.98. The zero-order valence-electron chi connectivity index (χ0n) is 11.2. The predicted molar refractivity (Wildman–Crippen MR) is 69.9 cm³/mol. The first-order valence-corrected chi connectivity index (χ1v) is 6.48. The number of rotatable bonds is 7. The molecule has 1 amide bonds. The van der Waals surface area contributed by atoms with Crippen LogP contribution in [-0.2, 0) is 11.0 Å². The normalized spacial score (nSPS) is 11.2. The van der Waals surface area contributed by atoms with Crippen molar-refractivity contribution in [2.24, 2.45) is 0 Å². The lowest BCUT2D eigenvalue weighted by atomic mass is 10.1. The number of unbranched alkanes of at least 4 members (excludes halogenated alkanes) is 2. The Kier molecular flexibility index (Phi) is 6.20. The van der Waals surface area contributed by atoms with Crippen molar-refractivity contribution in [2.45, 2.75) is 31.9 Å². The molecule has 0 heterocycles. The lowest BCUT2D eigenvalue weighted by molar-refractivity contribution is -0.138. The average Bonchev–Trinajstić information content (AvgIpc) is 2.41. The highest BCUT2D eigenvalue weighted by Crippen LogP contribution is 2.29. The summed E-state index contributed by atoms with van der Waals surface area (Å²) in [6.45, 7) is 0.361. The Labute approximate surface area is 120 Å². The summed E-state index contributed by atoms with van der Waals surface area (Å²) in [5.74, 6) is -1.30. The van der Waals surface area contributed by atoms with Crippen molar-refractivity contribution < 1.29 is 27.9 Å². The summed E-state index contributed by atoms with van der Waals surface area (Å²) in [4.78, 5) is 21.9. The van der Waals surface area contributed by atoms with Gasteiger partial charge in [-0.05, 0) is 37.1 Å². The van der Waals surface area contributed by atoms with Gasteiger partial charge in [0.15, 0.2) is 0 Å². The molecule has 0 saturated carbocycles. The molecule has 21 heavy (non-hydrogen) atoms. The molecule has 0 fully saturated rings. The van der Waals surface area contributed by atoms with Gasteiger partial charge in [0.05, 0.1) is 5.56 Å². The van der Waals surface area contributed by atoms with Crippen molar-refractivity contribution in [3.8, 4) is 0 Å². The number of carboxylic acids is 1. The molecule has 1 rings (SSSR count). The number of nitrogens with one attached hydrogen (secondary N) is 1. The van der Waals surface area contributed by atoms with Crippen molar-refractivity contribution >= 4 is 11.9 Å². The first-order chi connectivity index (χ1) is 9.80. The summed E-state index contributed by atoms with van der Waals surface area (Å²) in [5.41, 5.74) is -0.638. The maximum atomic E-state index is 12.4. The third-order valence-electron chi connectivity index (χ3n) is 2.83. The van der Waals surface area contributed by atoms with E-state index in [1.807, 2.05) is 0 Å². The molecule has 0 bridgehead atoms. The molecule has 0 aliphatic carbocycles. The monoisotopic (exact) mass is 303 g/mol. The first-order valence-electron chi connectivity index (χ1n) is 6.48. The molecule has 0 aromatic heterocycles. The molecule has 0 spiro atoms. The zero-order valence-corrected chi connectivity index (χ0v) is 11.2. The van der Waals surface area contributed by atoms with Gasteiger partial charge in [-0.1, -0.05) is 6.42 Å². The Morgan fingerprint density at radius 1 is 1.05 bits per heavy atom. The Bertz CT molecular complexity index is 483. The second kappa shape index (κ2) is 7.66. The van der Waals surface area contributed by atoms with Gasteiger partial charge in [0.1, 0.15) is 0 Å². The molecule has 1 aromatic rings. The topological polar surface area (TPSA) is 66.4 Å². The number of benzene rings is 1. The summed E-state index contributed by atoms with van der Waals surface area (Å²) in [5, 5.41) is 11.0. The van der Waals surface area contributed by atoms with Crippen molar-refractivity contribution in [3.05, 3.63) is 35.4 Å². The van der Waals surface area contributed by atoms with Crippen LogP contribution in [0.5, 0.6) is 0 Å². The molecule has 0 atom stereocenters. The number of carbonyl (C=O) groups is 2. The SMILES string of the molecule is O=C(O)CCCCCNC(=O)c1ccc(C(F)(F)F)cc1. The molecule has 0 aliphatic heterocycles. The van der Waals surface area contributed by atoms with E-state index in [-0.39, 0.29) is 12.0 Å². The Morgan fingerprint density at radius 2 is 1.67 bits per heavy atom. The van der Waals surface area contributed by atoms with E-state index in [0.717, 1.165) is 24.3 Å². The van der Waals surface area contributed by atoms with E-state index in [4.69, 9.17) is 5.11 Å². The molecule has 1 aromatic carbocycles. The number of carboxylic acid groups (broad SMARTS) is 1. The Morgan fingerprint density at radius 3 is 2.19 bits per heavy atom. The minimum Gasteiger partial charge on any atom is -0.481 e. The summed E-state index contributed by atoms with van der Waals surface area (Å²) in [6.07, 6.45) is -2.50. The number of hydrogen-bond donors (Lipinski definition) is 2. The lowest BCUT2D eigenvalue weighted by Crippen LogP contribution is -2.24. The van der Waals surface area contributed by atoms with Crippen LogP contribution in [0.3, 0.4) is 0 Å². The number of hydrogen-bond acceptors (Lipinski definition) is 2. The van der Waals surface area contributed by atoms with Gasteiger partial charge in [0.25, 0.3) is 5.91 Å². The highest BCUT2D eigenvalue weighted by Gasteiger charge is 2.30. The fourth-order valence-electron chi connectivity index (χ4n) is 1.69. The van der Waals surface area contributed by atoms with Crippen LogP contribution < -0.4 is 5.32 Å². The Balaban J connectivity index is 2.34. The van der Waals surface area contributed by atoms with Crippen LogP contribution in [0.4, 0.5) is 13.2 Å². The van der Waals surface area contributed by atoms with Gasteiger partial charge in [-0.25, -0.2) is 0 Å². The van der Waals surface area contributed by atoms with Crippen molar-refractivity contribution in [1.29, 1.82) is 0 Å². The van der Waals surface area contributed by atoms with E-state index >= 15 is 0 Å². The second-order valence-corrected chi connectivity index (χ2v) is 4.54. The lowest BCUT2D eigenvalue weighted by Gasteiger charge is -2.08. The first kappa shape index (κ1) is 17.0. The number of halogens is 3. The minimum atomic E-state index is -4.42. The van der Waals surface area contributed by atoms with Crippen molar-refractivity contribution in [1.82, 2.24) is 5.32 Å². The maximum Gasteiger partial charge on any atom is 0.416 e. The Hall–Kier alpha value is -2.05. The minimum absolute atomic E-state index is 0.0901. The summed E-state index contributed by atoms with van der Waals surface area (Å²) in [7, 11) is 0. The molecule has 116 valence electrons. The van der Waals surface area contributed by atoms with Crippen LogP contribution in [0.2, 0.25) is 0 Å². The van der Waals surface area contributed by atoms with E-state index in [9.17, 15) is 22.8 Å². The molecule has 7 heteroatoms. The van der Waals surface area contributed by atoms with Crippen LogP contribution in [0.15, 0.2) is 24.3 Å². The van der Waals surface area contributed by atoms with E-state index < -0.39 is 23.6 Å². The third kappa shape index (κ3) is 6.29. The predicted octanol–water partition coefficient (Wildman–Crippen LogP) is 3.08. The third-order valence-corrected chi connectivity index (χ3v) is 2.83. The molecular weight excluding hydrogens is 287 g/mol. The molecule has 0 saturated heterocycles. The van der Waals surface area contributed by atoms with Gasteiger partial charge < -0.3 is 10.4 Å². The quantitative estimate of drug-likeness (QED) is 0.761. The highest BCUT2D eigenvalue weighted by atomic mass is 19.4. The highest BCUT2D eigenvalue weighted by molar-refractivity contribution is 5.94. The number of carbonyl (C=O) groups excluding carboxylic acids is 1. The molecule has 2 N–H and O–H groups in total.